The summed E-state index contributed by atoms with van der Waals surface area (Å²) in [6.07, 6.45) is 1.47. The molecular formula is C10H11N3O. The van der Waals surface area contributed by atoms with E-state index in [2.05, 4.69) is 10.3 Å². The van der Waals surface area contributed by atoms with Crippen molar-refractivity contribution < 1.29 is 4.79 Å². The van der Waals surface area contributed by atoms with Gasteiger partial charge in [-0.15, -0.1) is 5.11 Å². The number of benzene rings is 1. The number of nitrogens with zero attached hydrogens (tertiary/aromatic N) is 3. The maximum Gasteiger partial charge on any atom is 0.244 e. The fourth-order valence-electron chi connectivity index (χ4n) is 1.33. The predicted molar refractivity (Wildman–Crippen MR) is 51.9 cm³/mol. The molecule has 2 rings (SSSR count). The molecule has 1 fully saturated rings. The molecule has 0 saturated carbocycles. The van der Waals surface area contributed by atoms with Crippen molar-refractivity contribution >= 4 is 11.6 Å². The van der Waals surface area contributed by atoms with E-state index < -0.39 is 0 Å². The van der Waals surface area contributed by atoms with Crippen LogP contribution in [0.25, 0.3) is 0 Å². The van der Waals surface area contributed by atoms with Gasteiger partial charge in [0.05, 0.1) is 5.69 Å². The number of amides is 1. The molecule has 0 atom stereocenters. The Balaban J connectivity index is 2.03. The normalized spacial score (nSPS) is 16.9. The van der Waals surface area contributed by atoms with Crippen molar-refractivity contribution in [3.63, 3.8) is 0 Å². The van der Waals surface area contributed by atoms with E-state index >= 15 is 0 Å². The molecule has 4 heteroatoms. The monoisotopic (exact) mass is 189 g/mol. The standard InChI is InChI=1S/C10H11N3O/c14-10-7-4-8-13(10)12-11-9-5-2-1-3-6-9/h1-3,5-6H,4,7-8H2. The highest BCUT2D eigenvalue weighted by Crippen LogP contribution is 2.14. The molecule has 0 unspecified atom stereocenters. The molecule has 1 aliphatic heterocycles. The highest BCUT2D eigenvalue weighted by molar-refractivity contribution is 5.77. The van der Waals surface area contributed by atoms with E-state index in [1.54, 1.807) is 0 Å². The van der Waals surface area contributed by atoms with E-state index in [1.807, 2.05) is 30.3 Å². The number of hydrogen-bond acceptors (Lipinski definition) is 3. The van der Waals surface area contributed by atoms with Gasteiger partial charge in [-0.3, -0.25) is 4.79 Å². The van der Waals surface area contributed by atoms with Crippen LogP contribution in [0.15, 0.2) is 40.7 Å². The van der Waals surface area contributed by atoms with Gasteiger partial charge in [-0.1, -0.05) is 23.4 Å². The Bertz CT molecular complexity index is 348. The summed E-state index contributed by atoms with van der Waals surface area (Å²) in [6.45, 7) is 0.690. The number of carbonyl (C=O) groups excluding carboxylic acids is 1. The van der Waals surface area contributed by atoms with Gasteiger partial charge in [-0.05, 0) is 18.6 Å². The Kier molecular flexibility index (Phi) is 2.53. The van der Waals surface area contributed by atoms with Crippen LogP contribution >= 0.6 is 0 Å². The number of rotatable bonds is 2. The zero-order valence-corrected chi connectivity index (χ0v) is 7.76. The predicted octanol–water partition coefficient (Wildman–Crippen LogP) is 2.31. The molecule has 1 aromatic carbocycles. The fraction of sp³-hybridized carbons (Fsp3) is 0.300. The summed E-state index contributed by atoms with van der Waals surface area (Å²) in [5.74, 6) is 0.0599. The smallest absolute Gasteiger partial charge is 0.244 e. The Hall–Kier alpha value is -1.71. The minimum atomic E-state index is 0.0599. The number of carbonyl (C=O) groups is 1. The summed E-state index contributed by atoms with van der Waals surface area (Å²) >= 11 is 0. The van der Waals surface area contributed by atoms with Gasteiger partial charge in [0.25, 0.3) is 0 Å². The van der Waals surface area contributed by atoms with Gasteiger partial charge in [0, 0.05) is 13.0 Å². The molecule has 0 radical (unpaired) electrons. The summed E-state index contributed by atoms with van der Waals surface area (Å²) in [5.41, 5.74) is 0.771. The largest absolute Gasteiger partial charge is 0.273 e. The zero-order chi connectivity index (χ0) is 9.80. The minimum absolute atomic E-state index is 0.0599. The highest BCUT2D eigenvalue weighted by Gasteiger charge is 2.19. The van der Waals surface area contributed by atoms with E-state index in [0.717, 1.165) is 12.1 Å². The second kappa shape index (κ2) is 4.00. The lowest BCUT2D eigenvalue weighted by Crippen LogP contribution is -2.16. The van der Waals surface area contributed by atoms with Crippen molar-refractivity contribution in [2.75, 3.05) is 6.54 Å². The number of hydrogen-bond donors (Lipinski definition) is 0. The van der Waals surface area contributed by atoms with E-state index in [9.17, 15) is 4.79 Å². The molecule has 1 heterocycles. The third-order valence-electron chi connectivity index (χ3n) is 2.07. The van der Waals surface area contributed by atoms with Crippen LogP contribution in [0.1, 0.15) is 12.8 Å². The fourth-order valence-corrected chi connectivity index (χ4v) is 1.33. The SMILES string of the molecule is O=C1CCCN1N=Nc1ccccc1. The quantitative estimate of drug-likeness (QED) is 0.658. The van der Waals surface area contributed by atoms with Gasteiger partial charge < -0.3 is 0 Å². The Labute approximate surface area is 82.2 Å². The summed E-state index contributed by atoms with van der Waals surface area (Å²) < 4.78 is 0. The van der Waals surface area contributed by atoms with E-state index in [0.29, 0.717) is 13.0 Å². The summed E-state index contributed by atoms with van der Waals surface area (Å²) in [4.78, 5) is 11.2. The molecule has 0 aliphatic carbocycles. The van der Waals surface area contributed by atoms with Crippen molar-refractivity contribution in [1.82, 2.24) is 5.01 Å². The van der Waals surface area contributed by atoms with Gasteiger partial charge in [-0.25, -0.2) is 5.01 Å². The molecule has 0 spiro atoms. The van der Waals surface area contributed by atoms with Crippen LogP contribution in [0, 0.1) is 0 Å². The maximum absolute atomic E-state index is 11.2. The molecule has 1 aliphatic rings. The van der Waals surface area contributed by atoms with Gasteiger partial charge in [0.2, 0.25) is 5.91 Å². The van der Waals surface area contributed by atoms with Gasteiger partial charge in [0.15, 0.2) is 0 Å². The molecular weight excluding hydrogens is 178 g/mol. The van der Waals surface area contributed by atoms with Crippen molar-refractivity contribution in [3.05, 3.63) is 30.3 Å². The van der Waals surface area contributed by atoms with E-state index in [1.165, 1.54) is 5.01 Å². The minimum Gasteiger partial charge on any atom is -0.273 e. The lowest BCUT2D eigenvalue weighted by molar-refractivity contribution is -0.128. The third kappa shape index (κ3) is 1.96. The molecule has 1 amide bonds. The van der Waals surface area contributed by atoms with E-state index in [-0.39, 0.29) is 5.91 Å². The molecule has 4 nitrogen and oxygen atoms in total. The molecule has 1 aromatic rings. The summed E-state index contributed by atoms with van der Waals surface area (Å²) in [6, 6.07) is 9.40. The molecule has 0 bridgehead atoms. The van der Waals surface area contributed by atoms with E-state index in [4.69, 9.17) is 0 Å². The lowest BCUT2D eigenvalue weighted by Gasteiger charge is -2.04. The molecule has 72 valence electrons. The summed E-state index contributed by atoms with van der Waals surface area (Å²) in [5, 5.41) is 9.28. The van der Waals surface area contributed by atoms with Crippen LogP contribution in [0.5, 0.6) is 0 Å². The van der Waals surface area contributed by atoms with Crippen LogP contribution in [-0.2, 0) is 4.79 Å². The summed E-state index contributed by atoms with van der Waals surface area (Å²) in [7, 11) is 0. The van der Waals surface area contributed by atoms with Crippen LogP contribution in [0.2, 0.25) is 0 Å². The van der Waals surface area contributed by atoms with Gasteiger partial charge >= 0.3 is 0 Å². The highest BCUT2D eigenvalue weighted by atomic mass is 16.2. The molecule has 14 heavy (non-hydrogen) atoms. The molecule has 0 N–H and O–H groups in total. The van der Waals surface area contributed by atoms with Crippen molar-refractivity contribution in [2.24, 2.45) is 10.3 Å². The molecule has 0 aromatic heterocycles. The first-order valence-corrected chi connectivity index (χ1v) is 4.63. The Morgan fingerprint density at radius 2 is 2.00 bits per heavy atom. The Morgan fingerprint density at radius 1 is 1.21 bits per heavy atom. The topological polar surface area (TPSA) is 45.0 Å². The first-order chi connectivity index (χ1) is 6.86. The first kappa shape index (κ1) is 8.87. The second-order valence-corrected chi connectivity index (χ2v) is 3.15. The van der Waals surface area contributed by atoms with Crippen LogP contribution < -0.4 is 0 Å². The third-order valence-corrected chi connectivity index (χ3v) is 2.07. The second-order valence-electron chi connectivity index (χ2n) is 3.15. The van der Waals surface area contributed by atoms with Crippen molar-refractivity contribution in [2.45, 2.75) is 12.8 Å². The molecule has 1 saturated heterocycles. The van der Waals surface area contributed by atoms with Gasteiger partial charge in [-0.2, -0.15) is 0 Å². The van der Waals surface area contributed by atoms with Crippen LogP contribution in [0.4, 0.5) is 5.69 Å². The average Bonchev–Trinajstić information content (AvgIpc) is 2.63. The first-order valence-electron chi connectivity index (χ1n) is 4.63. The van der Waals surface area contributed by atoms with Crippen molar-refractivity contribution in [1.29, 1.82) is 0 Å². The van der Waals surface area contributed by atoms with Crippen molar-refractivity contribution in [3.8, 4) is 0 Å². The lowest BCUT2D eigenvalue weighted by atomic mass is 10.3. The maximum atomic E-state index is 11.2. The van der Waals surface area contributed by atoms with Crippen LogP contribution in [0.3, 0.4) is 0 Å². The van der Waals surface area contributed by atoms with Crippen LogP contribution in [-0.4, -0.2) is 17.5 Å². The zero-order valence-electron chi connectivity index (χ0n) is 7.76. The average molecular weight is 189 g/mol. The Morgan fingerprint density at radius 3 is 2.64 bits per heavy atom. The van der Waals surface area contributed by atoms with Gasteiger partial charge in [0.1, 0.15) is 0 Å².